The second-order valence-corrected chi connectivity index (χ2v) is 10.3. The predicted octanol–water partition coefficient (Wildman–Crippen LogP) is 3.77. The van der Waals surface area contributed by atoms with Crippen LogP contribution in [0.4, 0.5) is 8.78 Å². The minimum absolute atomic E-state index is 0.0251. The van der Waals surface area contributed by atoms with Gasteiger partial charge in [0, 0.05) is 41.8 Å². The highest BCUT2D eigenvalue weighted by Gasteiger charge is 2.48. The molecule has 1 aliphatic carbocycles. The predicted molar refractivity (Wildman–Crippen MR) is 139 cm³/mol. The van der Waals surface area contributed by atoms with Gasteiger partial charge in [-0.3, -0.25) is 9.36 Å². The van der Waals surface area contributed by atoms with Gasteiger partial charge in [-0.05, 0) is 55.3 Å². The first kappa shape index (κ1) is 27.2. The number of nitrogens with zero attached hydrogens (tertiary/aromatic N) is 2. The molecule has 0 saturated heterocycles. The highest BCUT2D eigenvalue weighted by atomic mass is 35.5. The van der Waals surface area contributed by atoms with E-state index >= 15 is 0 Å². The zero-order chi connectivity index (χ0) is 28.2. The van der Waals surface area contributed by atoms with Crippen LogP contribution in [0.15, 0.2) is 57.9 Å². The number of aryl methyl sites for hydroxylation is 2. The topological polar surface area (TPSA) is 129 Å². The zero-order valence-corrected chi connectivity index (χ0v) is 21.7. The Hall–Kier alpha value is -3.41. The summed E-state index contributed by atoms with van der Waals surface area (Å²) >= 11 is 6.16. The van der Waals surface area contributed by atoms with E-state index in [0.29, 0.717) is 22.3 Å². The van der Waals surface area contributed by atoms with Gasteiger partial charge < -0.3 is 24.8 Å². The van der Waals surface area contributed by atoms with Crippen molar-refractivity contribution in [1.82, 2.24) is 9.55 Å². The summed E-state index contributed by atoms with van der Waals surface area (Å²) in [5.74, 6) is -2.28. The molecule has 1 aliphatic rings. The van der Waals surface area contributed by atoms with Crippen molar-refractivity contribution in [3.63, 3.8) is 0 Å². The molecule has 8 nitrogen and oxygen atoms in total. The molecule has 0 radical (unpaired) electrons. The van der Waals surface area contributed by atoms with Crippen molar-refractivity contribution >= 4 is 11.6 Å². The second-order valence-electron chi connectivity index (χ2n) is 9.90. The summed E-state index contributed by atoms with van der Waals surface area (Å²) in [6.07, 6.45) is -3.81. The van der Waals surface area contributed by atoms with Gasteiger partial charge in [0.05, 0.1) is 23.5 Å². The largest absolute Gasteiger partial charge is 0.437 e. The number of aliphatic hydroxyl groups is 4. The molecule has 2 atom stereocenters. The van der Waals surface area contributed by atoms with Crippen molar-refractivity contribution in [1.29, 1.82) is 0 Å². The molecule has 4 aromatic rings. The van der Waals surface area contributed by atoms with E-state index in [1.54, 1.807) is 26.0 Å². The Morgan fingerprint density at radius 2 is 1.67 bits per heavy atom. The molecule has 4 N–H and O–H groups in total. The number of hydrogen-bond donors (Lipinski definition) is 4. The molecule has 1 fully saturated rings. The Morgan fingerprint density at radius 1 is 1.03 bits per heavy atom. The number of aliphatic hydroxyl groups excluding tert-OH is 3. The Morgan fingerprint density at radius 3 is 2.28 bits per heavy atom. The van der Waals surface area contributed by atoms with Crippen LogP contribution >= 0.6 is 11.6 Å². The van der Waals surface area contributed by atoms with E-state index in [0.717, 1.165) is 23.3 Å². The van der Waals surface area contributed by atoms with Crippen LogP contribution in [-0.2, 0) is 5.60 Å². The lowest BCUT2D eigenvalue weighted by Gasteiger charge is -2.38. The number of aromatic nitrogens is 2. The van der Waals surface area contributed by atoms with E-state index in [1.165, 1.54) is 22.9 Å². The minimum atomic E-state index is -2.01. The van der Waals surface area contributed by atoms with Crippen LogP contribution < -0.4 is 5.56 Å². The summed E-state index contributed by atoms with van der Waals surface area (Å²) in [7, 11) is 0. The van der Waals surface area contributed by atoms with Crippen LogP contribution in [0.5, 0.6) is 0 Å². The molecule has 39 heavy (non-hydrogen) atoms. The summed E-state index contributed by atoms with van der Waals surface area (Å²) in [6, 6.07) is 9.01. The summed E-state index contributed by atoms with van der Waals surface area (Å²) in [6.45, 7) is 3.59. The van der Waals surface area contributed by atoms with E-state index in [1.807, 2.05) is 0 Å². The van der Waals surface area contributed by atoms with Crippen LogP contribution in [0.2, 0.25) is 5.02 Å². The molecule has 0 amide bonds. The van der Waals surface area contributed by atoms with E-state index in [-0.39, 0.29) is 28.5 Å². The molecule has 2 aromatic carbocycles. The fraction of sp³-hybridized carbons (Fsp3) is 0.286. The second kappa shape index (κ2) is 9.96. The van der Waals surface area contributed by atoms with Gasteiger partial charge in [-0.2, -0.15) is 0 Å². The molecule has 0 bridgehead atoms. The Kier molecular flexibility index (Phi) is 6.94. The van der Waals surface area contributed by atoms with Crippen molar-refractivity contribution < 1.29 is 33.6 Å². The molecular weight excluding hydrogens is 534 g/mol. The lowest BCUT2D eigenvalue weighted by Crippen LogP contribution is -2.51. The van der Waals surface area contributed by atoms with Crippen molar-refractivity contribution in [3.8, 4) is 28.3 Å². The molecule has 2 aromatic heterocycles. The first-order valence-electron chi connectivity index (χ1n) is 12.1. The van der Waals surface area contributed by atoms with E-state index in [2.05, 4.69) is 4.98 Å². The monoisotopic (exact) mass is 558 g/mol. The fourth-order valence-corrected chi connectivity index (χ4v) is 5.43. The molecule has 0 aliphatic heterocycles. The molecule has 5 rings (SSSR count). The number of halogens is 3. The standard InChI is InChI=1S/C28H25ClF2N2O6/c1-13-7-16(29)8-14(2)24(13)33-12-15(3-6-22(33)36)23-26(18-5-4-17(30)9-19(18)31)39-27(32-23)28(38)10-20(34)25(37)21(35)11-28/h3-9,12,20-21,25,34-35,37-38H,10-11H2,1-2H3. The lowest BCUT2D eigenvalue weighted by molar-refractivity contribution is -0.165. The Balaban J connectivity index is 1.72. The zero-order valence-electron chi connectivity index (χ0n) is 20.9. The number of benzene rings is 2. The van der Waals surface area contributed by atoms with Gasteiger partial charge in [-0.1, -0.05) is 11.6 Å². The fourth-order valence-electron chi connectivity index (χ4n) is 5.10. The van der Waals surface area contributed by atoms with Crippen LogP contribution in [0, 0.1) is 25.5 Å². The minimum Gasteiger partial charge on any atom is -0.437 e. The van der Waals surface area contributed by atoms with Gasteiger partial charge in [0.25, 0.3) is 5.56 Å². The third-order valence-corrected chi connectivity index (χ3v) is 7.18. The highest BCUT2D eigenvalue weighted by molar-refractivity contribution is 6.30. The first-order valence-corrected chi connectivity index (χ1v) is 12.5. The number of oxazole rings is 1. The van der Waals surface area contributed by atoms with Crippen LogP contribution in [0.25, 0.3) is 28.3 Å². The number of rotatable bonds is 4. The third-order valence-electron chi connectivity index (χ3n) is 6.96. The first-order chi connectivity index (χ1) is 18.4. The van der Waals surface area contributed by atoms with Gasteiger partial charge in [-0.25, -0.2) is 13.8 Å². The Labute approximate surface area is 226 Å². The average molecular weight is 559 g/mol. The molecule has 11 heteroatoms. The molecule has 2 unspecified atom stereocenters. The molecule has 0 spiro atoms. The molecule has 1 saturated carbocycles. The number of pyridine rings is 1. The van der Waals surface area contributed by atoms with Crippen LogP contribution in [0.1, 0.15) is 29.9 Å². The van der Waals surface area contributed by atoms with Gasteiger partial charge in [0.15, 0.2) is 5.76 Å². The third kappa shape index (κ3) is 4.90. The average Bonchev–Trinajstić information content (AvgIpc) is 3.29. The summed E-state index contributed by atoms with van der Waals surface area (Å²) in [4.78, 5) is 17.3. The maximum absolute atomic E-state index is 14.9. The van der Waals surface area contributed by atoms with Gasteiger partial charge in [-0.15, -0.1) is 0 Å². The molecule has 2 heterocycles. The summed E-state index contributed by atoms with van der Waals surface area (Å²) in [5, 5.41) is 42.2. The van der Waals surface area contributed by atoms with Gasteiger partial charge in [0.1, 0.15) is 29.0 Å². The summed E-state index contributed by atoms with van der Waals surface area (Å²) in [5.41, 5.74) is -0.186. The highest BCUT2D eigenvalue weighted by Crippen LogP contribution is 2.42. The van der Waals surface area contributed by atoms with E-state index in [4.69, 9.17) is 16.0 Å². The van der Waals surface area contributed by atoms with E-state index in [9.17, 15) is 34.0 Å². The van der Waals surface area contributed by atoms with Crippen molar-refractivity contribution in [2.45, 2.75) is 50.6 Å². The van der Waals surface area contributed by atoms with Crippen LogP contribution in [0.3, 0.4) is 0 Å². The van der Waals surface area contributed by atoms with Crippen LogP contribution in [-0.4, -0.2) is 48.3 Å². The maximum Gasteiger partial charge on any atom is 0.255 e. The lowest BCUT2D eigenvalue weighted by atomic mass is 9.79. The van der Waals surface area contributed by atoms with Crippen molar-refractivity contribution in [2.24, 2.45) is 0 Å². The van der Waals surface area contributed by atoms with E-state index < -0.39 is 48.4 Å². The van der Waals surface area contributed by atoms with Crippen molar-refractivity contribution in [2.75, 3.05) is 0 Å². The summed E-state index contributed by atoms with van der Waals surface area (Å²) < 4.78 is 35.9. The van der Waals surface area contributed by atoms with Gasteiger partial charge in [0.2, 0.25) is 5.89 Å². The smallest absolute Gasteiger partial charge is 0.255 e. The quantitative estimate of drug-likeness (QED) is 0.300. The van der Waals surface area contributed by atoms with Gasteiger partial charge >= 0.3 is 0 Å². The SMILES string of the molecule is Cc1cc(Cl)cc(C)c1-n1cc(-c2nc(C3(O)CC(O)C(O)C(O)C3)oc2-c2ccc(F)cc2F)ccc1=O. The number of hydrogen-bond acceptors (Lipinski definition) is 7. The molecular formula is C28H25ClF2N2O6. The normalized spacial score (nSPS) is 23.3. The van der Waals surface area contributed by atoms with Crippen molar-refractivity contribution in [3.05, 3.63) is 92.7 Å². The Bertz CT molecular complexity index is 1600. The maximum atomic E-state index is 14.9. The molecule has 204 valence electrons.